The van der Waals surface area contributed by atoms with E-state index in [9.17, 15) is 4.79 Å². The van der Waals surface area contributed by atoms with Crippen LogP contribution in [0.15, 0.2) is 24.3 Å². The number of amides is 2. The first kappa shape index (κ1) is 16.5. The van der Waals surface area contributed by atoms with E-state index in [2.05, 4.69) is 31.4 Å². The SMILES string of the molecule is COCCC(C)NC(=O)Nc1ccccc1C(C)(C)C. The molecule has 1 aromatic rings. The Balaban J connectivity index is 2.67. The van der Waals surface area contributed by atoms with Gasteiger partial charge < -0.3 is 15.4 Å². The number of hydrogen-bond donors (Lipinski definition) is 2. The van der Waals surface area contributed by atoms with E-state index < -0.39 is 0 Å². The monoisotopic (exact) mass is 278 g/mol. The summed E-state index contributed by atoms with van der Waals surface area (Å²) in [7, 11) is 1.66. The van der Waals surface area contributed by atoms with Gasteiger partial charge in [-0.3, -0.25) is 0 Å². The Morgan fingerprint density at radius 3 is 2.55 bits per heavy atom. The number of carbonyl (C=O) groups excluding carboxylic acids is 1. The minimum Gasteiger partial charge on any atom is -0.385 e. The maximum absolute atomic E-state index is 12.0. The Kier molecular flexibility index (Phi) is 6.02. The van der Waals surface area contributed by atoms with Crippen molar-refractivity contribution in [3.8, 4) is 0 Å². The molecule has 0 aliphatic rings. The van der Waals surface area contributed by atoms with Crippen LogP contribution in [0.4, 0.5) is 10.5 Å². The molecule has 0 heterocycles. The van der Waals surface area contributed by atoms with Gasteiger partial charge in [-0.2, -0.15) is 0 Å². The molecule has 2 N–H and O–H groups in total. The predicted molar refractivity (Wildman–Crippen MR) is 83.3 cm³/mol. The lowest BCUT2D eigenvalue weighted by Crippen LogP contribution is -2.37. The maximum atomic E-state index is 12.0. The molecule has 2 amide bonds. The number of benzene rings is 1. The van der Waals surface area contributed by atoms with Gasteiger partial charge in [0.25, 0.3) is 0 Å². The van der Waals surface area contributed by atoms with E-state index >= 15 is 0 Å². The molecule has 1 aromatic carbocycles. The molecule has 1 rings (SSSR count). The normalized spacial score (nSPS) is 12.8. The van der Waals surface area contributed by atoms with E-state index in [1.54, 1.807) is 7.11 Å². The lowest BCUT2D eigenvalue weighted by Gasteiger charge is -2.23. The van der Waals surface area contributed by atoms with Gasteiger partial charge in [0.1, 0.15) is 0 Å². The summed E-state index contributed by atoms with van der Waals surface area (Å²) < 4.78 is 5.00. The molecule has 4 heteroatoms. The van der Waals surface area contributed by atoms with Gasteiger partial charge in [0, 0.05) is 25.4 Å². The first-order valence-electron chi connectivity index (χ1n) is 7.00. The molecule has 4 nitrogen and oxygen atoms in total. The molecule has 0 spiro atoms. The van der Waals surface area contributed by atoms with Crippen LogP contribution in [-0.2, 0) is 10.2 Å². The van der Waals surface area contributed by atoms with E-state index in [1.807, 2.05) is 31.2 Å². The Bertz CT molecular complexity index is 438. The predicted octanol–water partition coefficient (Wildman–Crippen LogP) is 3.53. The largest absolute Gasteiger partial charge is 0.385 e. The maximum Gasteiger partial charge on any atom is 0.319 e. The van der Waals surface area contributed by atoms with Crippen molar-refractivity contribution in [1.29, 1.82) is 0 Å². The van der Waals surface area contributed by atoms with Gasteiger partial charge in [-0.15, -0.1) is 0 Å². The van der Waals surface area contributed by atoms with Gasteiger partial charge in [-0.1, -0.05) is 39.0 Å². The number of carbonyl (C=O) groups is 1. The van der Waals surface area contributed by atoms with Crippen LogP contribution >= 0.6 is 0 Å². The second-order valence-corrected chi connectivity index (χ2v) is 6.08. The quantitative estimate of drug-likeness (QED) is 0.865. The summed E-state index contributed by atoms with van der Waals surface area (Å²) in [6.45, 7) is 9.00. The zero-order valence-corrected chi connectivity index (χ0v) is 13.1. The van der Waals surface area contributed by atoms with Gasteiger partial charge in [0.2, 0.25) is 0 Å². The Morgan fingerprint density at radius 1 is 1.30 bits per heavy atom. The van der Waals surface area contributed by atoms with E-state index in [4.69, 9.17) is 4.74 Å². The molecule has 0 bridgehead atoms. The second-order valence-electron chi connectivity index (χ2n) is 6.08. The topological polar surface area (TPSA) is 50.4 Å². The van der Waals surface area contributed by atoms with Crippen molar-refractivity contribution < 1.29 is 9.53 Å². The smallest absolute Gasteiger partial charge is 0.319 e. The lowest BCUT2D eigenvalue weighted by molar-refractivity contribution is 0.185. The first-order chi connectivity index (χ1) is 9.34. The fourth-order valence-corrected chi connectivity index (χ4v) is 2.00. The van der Waals surface area contributed by atoms with Crippen LogP contribution in [-0.4, -0.2) is 25.8 Å². The van der Waals surface area contributed by atoms with Crippen molar-refractivity contribution in [1.82, 2.24) is 5.32 Å². The zero-order valence-electron chi connectivity index (χ0n) is 13.1. The van der Waals surface area contributed by atoms with Gasteiger partial charge in [-0.05, 0) is 30.4 Å². The molecule has 0 fully saturated rings. The lowest BCUT2D eigenvalue weighted by atomic mass is 9.86. The standard InChI is InChI=1S/C16H26N2O2/c1-12(10-11-20-5)17-15(19)18-14-9-7-6-8-13(14)16(2,3)4/h6-9,12H,10-11H2,1-5H3,(H2,17,18,19). The van der Waals surface area contributed by atoms with Crippen LogP contribution in [0, 0.1) is 0 Å². The molecule has 0 aliphatic carbocycles. The molecule has 112 valence electrons. The molecule has 1 atom stereocenters. The minimum absolute atomic E-state index is 0.00839. The Hall–Kier alpha value is -1.55. The summed E-state index contributed by atoms with van der Waals surface area (Å²) in [6, 6.07) is 7.80. The van der Waals surface area contributed by atoms with Crippen molar-refractivity contribution in [2.75, 3.05) is 19.0 Å². The van der Waals surface area contributed by atoms with Crippen molar-refractivity contribution in [3.63, 3.8) is 0 Å². The minimum atomic E-state index is -0.176. The third kappa shape index (κ3) is 5.21. The number of rotatable bonds is 5. The number of nitrogens with one attached hydrogen (secondary N) is 2. The highest BCUT2D eigenvalue weighted by Gasteiger charge is 2.18. The Morgan fingerprint density at radius 2 is 1.95 bits per heavy atom. The van der Waals surface area contributed by atoms with Crippen molar-refractivity contribution in [3.05, 3.63) is 29.8 Å². The molecule has 0 aliphatic heterocycles. The highest BCUT2D eigenvalue weighted by atomic mass is 16.5. The average Bonchev–Trinajstić information content (AvgIpc) is 2.35. The van der Waals surface area contributed by atoms with Crippen molar-refractivity contribution in [2.45, 2.75) is 45.6 Å². The molecule has 0 radical (unpaired) electrons. The average molecular weight is 278 g/mol. The van der Waals surface area contributed by atoms with Gasteiger partial charge in [-0.25, -0.2) is 4.79 Å². The highest BCUT2D eigenvalue weighted by Crippen LogP contribution is 2.29. The second kappa shape index (κ2) is 7.29. The van der Waals surface area contributed by atoms with Crippen LogP contribution in [0.1, 0.15) is 39.7 Å². The summed E-state index contributed by atoms with van der Waals surface area (Å²) in [5.41, 5.74) is 1.97. The van der Waals surface area contributed by atoms with Gasteiger partial charge >= 0.3 is 6.03 Å². The van der Waals surface area contributed by atoms with Crippen LogP contribution in [0.25, 0.3) is 0 Å². The van der Waals surface area contributed by atoms with Crippen LogP contribution in [0.3, 0.4) is 0 Å². The molecule has 0 saturated carbocycles. The molecule has 0 saturated heterocycles. The van der Waals surface area contributed by atoms with Gasteiger partial charge in [0.05, 0.1) is 0 Å². The summed E-state index contributed by atoms with van der Waals surface area (Å²) in [6.07, 6.45) is 0.796. The van der Waals surface area contributed by atoms with E-state index in [-0.39, 0.29) is 17.5 Å². The molecule has 0 aromatic heterocycles. The summed E-state index contributed by atoms with van der Waals surface area (Å²) in [5, 5.41) is 5.85. The third-order valence-corrected chi connectivity index (χ3v) is 3.12. The van der Waals surface area contributed by atoms with E-state index in [1.165, 1.54) is 0 Å². The van der Waals surface area contributed by atoms with Crippen LogP contribution < -0.4 is 10.6 Å². The Labute approximate surface area is 121 Å². The summed E-state index contributed by atoms with van der Waals surface area (Å²) >= 11 is 0. The molecule has 20 heavy (non-hydrogen) atoms. The number of anilines is 1. The summed E-state index contributed by atoms with van der Waals surface area (Å²) in [5.74, 6) is 0. The first-order valence-corrected chi connectivity index (χ1v) is 7.00. The van der Waals surface area contributed by atoms with E-state index in [0.29, 0.717) is 6.61 Å². The number of para-hydroxylation sites is 1. The molecule has 1 unspecified atom stereocenters. The van der Waals surface area contributed by atoms with Gasteiger partial charge in [0.15, 0.2) is 0 Å². The fourth-order valence-electron chi connectivity index (χ4n) is 2.00. The number of hydrogen-bond acceptors (Lipinski definition) is 2. The fraction of sp³-hybridized carbons (Fsp3) is 0.562. The molecular weight excluding hydrogens is 252 g/mol. The third-order valence-electron chi connectivity index (χ3n) is 3.12. The zero-order chi connectivity index (χ0) is 15.2. The highest BCUT2D eigenvalue weighted by molar-refractivity contribution is 5.90. The van der Waals surface area contributed by atoms with Crippen LogP contribution in [0.2, 0.25) is 0 Å². The summed E-state index contributed by atoms with van der Waals surface area (Å²) in [4.78, 5) is 12.0. The van der Waals surface area contributed by atoms with Crippen LogP contribution in [0.5, 0.6) is 0 Å². The number of urea groups is 1. The van der Waals surface area contributed by atoms with E-state index in [0.717, 1.165) is 17.7 Å². The molecular formula is C16H26N2O2. The number of methoxy groups -OCH3 is 1. The van der Waals surface area contributed by atoms with Crippen molar-refractivity contribution in [2.24, 2.45) is 0 Å². The van der Waals surface area contributed by atoms with Crippen molar-refractivity contribution >= 4 is 11.7 Å². The number of ether oxygens (including phenoxy) is 1.